The van der Waals surface area contributed by atoms with E-state index in [4.69, 9.17) is 10.5 Å². The van der Waals surface area contributed by atoms with Gasteiger partial charge in [-0.05, 0) is 42.2 Å². The van der Waals surface area contributed by atoms with Crippen molar-refractivity contribution in [3.63, 3.8) is 0 Å². The van der Waals surface area contributed by atoms with Crippen molar-refractivity contribution in [2.24, 2.45) is 16.8 Å². The van der Waals surface area contributed by atoms with Gasteiger partial charge in [0.2, 0.25) is 0 Å². The first kappa shape index (κ1) is 14.0. The lowest BCUT2D eigenvalue weighted by molar-refractivity contribution is 0.249. The summed E-state index contributed by atoms with van der Waals surface area (Å²) in [6, 6.07) is 5.10. The maximum Gasteiger partial charge on any atom is 0.332 e. The topological polar surface area (TPSA) is 76.7 Å². The number of methoxy groups -OCH3 is 1. The van der Waals surface area contributed by atoms with Crippen LogP contribution < -0.4 is 15.9 Å². The van der Waals surface area contributed by atoms with Crippen LogP contribution in [0, 0.1) is 12.8 Å². The number of nitrogens with two attached hydrogens (primary N) is 1. The molecule has 0 unspecified atom stereocenters. The average Bonchev–Trinajstić information content (AvgIpc) is 2.28. The molecule has 0 aliphatic carbocycles. The Morgan fingerprint density at radius 1 is 1.44 bits per heavy atom. The van der Waals surface area contributed by atoms with E-state index in [-0.39, 0.29) is 5.92 Å². The third-order valence-corrected chi connectivity index (χ3v) is 2.52. The lowest BCUT2D eigenvalue weighted by Gasteiger charge is -2.12. The van der Waals surface area contributed by atoms with Gasteiger partial charge in [-0.1, -0.05) is 13.8 Å². The molecule has 2 amide bonds. The summed E-state index contributed by atoms with van der Waals surface area (Å²) < 4.78 is 5.21. The van der Waals surface area contributed by atoms with Gasteiger partial charge in [-0.25, -0.2) is 10.2 Å². The number of carbonyl (C=O) groups excluding carboxylic acids is 1. The number of benzene rings is 1. The molecule has 0 saturated heterocycles. The zero-order chi connectivity index (χ0) is 13.7. The van der Waals surface area contributed by atoms with Crippen molar-refractivity contribution in [1.29, 1.82) is 0 Å². The SMILES string of the molecule is COc1ccc(C(=NNC(N)=O)C(C)C)cc1C. The van der Waals surface area contributed by atoms with Crippen LogP contribution in [0.2, 0.25) is 0 Å². The summed E-state index contributed by atoms with van der Waals surface area (Å²) >= 11 is 0. The van der Waals surface area contributed by atoms with Crippen molar-refractivity contribution in [3.05, 3.63) is 29.3 Å². The molecule has 5 nitrogen and oxygen atoms in total. The maximum absolute atomic E-state index is 10.7. The van der Waals surface area contributed by atoms with Crippen LogP contribution in [0.25, 0.3) is 0 Å². The molecular weight excluding hydrogens is 230 g/mol. The first-order valence-corrected chi connectivity index (χ1v) is 5.73. The van der Waals surface area contributed by atoms with E-state index in [1.54, 1.807) is 7.11 Å². The number of amides is 2. The number of nitrogens with zero attached hydrogens (tertiary/aromatic N) is 1. The lowest BCUT2D eigenvalue weighted by atomic mass is 9.98. The van der Waals surface area contributed by atoms with Crippen LogP contribution in [0.5, 0.6) is 5.75 Å². The summed E-state index contributed by atoms with van der Waals surface area (Å²) in [5.74, 6) is 0.995. The molecule has 1 aromatic rings. The predicted octanol–water partition coefficient (Wildman–Crippen LogP) is 2.03. The first-order chi connectivity index (χ1) is 8.45. The molecule has 0 aliphatic rings. The van der Waals surface area contributed by atoms with Gasteiger partial charge in [-0.15, -0.1) is 0 Å². The van der Waals surface area contributed by atoms with Crippen LogP contribution in [0.15, 0.2) is 23.3 Å². The van der Waals surface area contributed by atoms with Crippen molar-refractivity contribution >= 4 is 11.7 Å². The van der Waals surface area contributed by atoms with Gasteiger partial charge in [0.05, 0.1) is 12.8 Å². The highest BCUT2D eigenvalue weighted by Gasteiger charge is 2.11. The van der Waals surface area contributed by atoms with E-state index >= 15 is 0 Å². The Labute approximate surface area is 107 Å². The molecule has 0 fully saturated rings. The Bertz CT molecular complexity index is 467. The lowest BCUT2D eigenvalue weighted by Crippen LogP contribution is -2.27. The molecule has 18 heavy (non-hydrogen) atoms. The van der Waals surface area contributed by atoms with Crippen molar-refractivity contribution in [2.75, 3.05) is 7.11 Å². The maximum atomic E-state index is 10.7. The van der Waals surface area contributed by atoms with Gasteiger partial charge >= 0.3 is 6.03 Å². The third kappa shape index (κ3) is 3.48. The third-order valence-electron chi connectivity index (χ3n) is 2.52. The summed E-state index contributed by atoms with van der Waals surface area (Å²) in [4.78, 5) is 10.7. The number of carbonyl (C=O) groups is 1. The van der Waals surface area contributed by atoms with Crippen molar-refractivity contribution in [1.82, 2.24) is 5.43 Å². The Hall–Kier alpha value is -2.04. The number of nitrogens with one attached hydrogen (secondary N) is 1. The number of rotatable bonds is 4. The zero-order valence-corrected chi connectivity index (χ0v) is 11.2. The second-order valence-corrected chi connectivity index (χ2v) is 4.31. The fraction of sp³-hybridized carbons (Fsp3) is 0.385. The van der Waals surface area contributed by atoms with Crippen LogP contribution in [-0.2, 0) is 0 Å². The quantitative estimate of drug-likeness (QED) is 0.632. The molecule has 3 N–H and O–H groups in total. The number of hydrogen-bond acceptors (Lipinski definition) is 3. The van der Waals surface area contributed by atoms with E-state index in [9.17, 15) is 4.79 Å². The van der Waals surface area contributed by atoms with E-state index in [0.29, 0.717) is 0 Å². The summed E-state index contributed by atoms with van der Waals surface area (Å²) in [6.45, 7) is 5.96. The number of primary amides is 1. The van der Waals surface area contributed by atoms with Gasteiger partial charge in [0, 0.05) is 0 Å². The zero-order valence-electron chi connectivity index (χ0n) is 11.2. The Kier molecular flexibility index (Phi) is 4.71. The molecule has 5 heteroatoms. The van der Waals surface area contributed by atoms with E-state index in [2.05, 4.69) is 10.5 Å². The van der Waals surface area contributed by atoms with Crippen LogP contribution in [0.4, 0.5) is 4.79 Å². The minimum absolute atomic E-state index is 0.171. The number of urea groups is 1. The van der Waals surface area contributed by atoms with Crippen LogP contribution in [0.1, 0.15) is 25.0 Å². The largest absolute Gasteiger partial charge is 0.496 e. The number of ether oxygens (including phenoxy) is 1. The number of aryl methyl sites for hydroxylation is 1. The summed E-state index contributed by atoms with van der Waals surface area (Å²) in [7, 11) is 1.63. The minimum atomic E-state index is -0.668. The molecule has 1 aromatic carbocycles. The number of hydrazone groups is 1. The van der Waals surface area contributed by atoms with E-state index in [0.717, 1.165) is 22.6 Å². The number of hydrogen-bond donors (Lipinski definition) is 2. The highest BCUT2D eigenvalue weighted by atomic mass is 16.5. The van der Waals surface area contributed by atoms with E-state index in [1.165, 1.54) is 0 Å². The predicted molar refractivity (Wildman–Crippen MR) is 71.8 cm³/mol. The molecule has 0 bridgehead atoms. The molecule has 0 saturated carbocycles. The fourth-order valence-electron chi connectivity index (χ4n) is 1.68. The second-order valence-electron chi connectivity index (χ2n) is 4.31. The van der Waals surface area contributed by atoms with Gasteiger partial charge in [-0.2, -0.15) is 5.10 Å². The second kappa shape index (κ2) is 6.05. The van der Waals surface area contributed by atoms with Gasteiger partial charge in [-0.3, -0.25) is 0 Å². The van der Waals surface area contributed by atoms with Crippen LogP contribution in [0.3, 0.4) is 0 Å². The van der Waals surface area contributed by atoms with Crippen molar-refractivity contribution < 1.29 is 9.53 Å². The highest BCUT2D eigenvalue weighted by Crippen LogP contribution is 2.20. The standard InChI is InChI=1S/C13H19N3O2/c1-8(2)12(15-16-13(14)17)10-5-6-11(18-4)9(3)7-10/h5-8H,1-4H3,(H3,14,16,17). The molecule has 0 aromatic heterocycles. The Balaban J connectivity index is 3.10. The molecule has 98 valence electrons. The van der Waals surface area contributed by atoms with E-state index < -0.39 is 6.03 Å². The molecule has 0 radical (unpaired) electrons. The molecule has 0 atom stereocenters. The Morgan fingerprint density at radius 2 is 2.11 bits per heavy atom. The molecule has 1 rings (SSSR count). The monoisotopic (exact) mass is 249 g/mol. The van der Waals surface area contributed by atoms with Gasteiger partial charge in [0.25, 0.3) is 0 Å². The van der Waals surface area contributed by atoms with Crippen LogP contribution >= 0.6 is 0 Å². The van der Waals surface area contributed by atoms with Gasteiger partial charge in [0.1, 0.15) is 5.75 Å². The highest BCUT2D eigenvalue weighted by molar-refractivity contribution is 6.02. The molecule has 0 spiro atoms. The summed E-state index contributed by atoms with van der Waals surface area (Å²) in [5.41, 5.74) is 10.0. The molecular formula is C13H19N3O2. The fourth-order valence-corrected chi connectivity index (χ4v) is 1.68. The summed E-state index contributed by atoms with van der Waals surface area (Å²) in [6.07, 6.45) is 0. The minimum Gasteiger partial charge on any atom is -0.496 e. The van der Waals surface area contributed by atoms with Crippen molar-refractivity contribution in [2.45, 2.75) is 20.8 Å². The average molecular weight is 249 g/mol. The summed E-state index contributed by atoms with van der Waals surface area (Å²) in [5, 5.41) is 4.04. The molecule has 0 heterocycles. The van der Waals surface area contributed by atoms with Gasteiger partial charge in [0.15, 0.2) is 0 Å². The molecule has 0 aliphatic heterocycles. The van der Waals surface area contributed by atoms with Crippen molar-refractivity contribution in [3.8, 4) is 5.75 Å². The first-order valence-electron chi connectivity index (χ1n) is 5.73. The van der Waals surface area contributed by atoms with Gasteiger partial charge < -0.3 is 10.5 Å². The van der Waals surface area contributed by atoms with Crippen LogP contribution in [-0.4, -0.2) is 18.9 Å². The Morgan fingerprint density at radius 3 is 2.56 bits per heavy atom. The normalized spacial score (nSPS) is 11.5. The smallest absolute Gasteiger partial charge is 0.332 e. The van der Waals surface area contributed by atoms with E-state index in [1.807, 2.05) is 39.0 Å².